The van der Waals surface area contributed by atoms with Gasteiger partial charge < -0.3 is 10.7 Å². The summed E-state index contributed by atoms with van der Waals surface area (Å²) in [5, 5.41) is 2.80. The molecule has 1 amide bonds. The molecule has 0 saturated heterocycles. The topological polar surface area (TPSA) is 80.0 Å². The number of anilines is 1. The molecule has 0 unspecified atom stereocenters. The van der Waals surface area contributed by atoms with E-state index in [9.17, 15) is 4.79 Å². The SMILES string of the molecule is CSCCNC(=O)c1cnc(C)cc1NN. The quantitative estimate of drug-likeness (QED) is 0.402. The van der Waals surface area contributed by atoms with Gasteiger partial charge in [0.2, 0.25) is 0 Å². The number of hydrogen-bond acceptors (Lipinski definition) is 5. The van der Waals surface area contributed by atoms with E-state index in [2.05, 4.69) is 15.7 Å². The molecule has 0 bridgehead atoms. The van der Waals surface area contributed by atoms with E-state index in [1.807, 2.05) is 13.2 Å². The lowest BCUT2D eigenvalue weighted by atomic mass is 10.2. The van der Waals surface area contributed by atoms with E-state index in [-0.39, 0.29) is 5.91 Å². The standard InChI is InChI=1S/C10H16N4OS/c1-7-5-9(14-11)8(6-13-7)10(15)12-3-4-16-2/h5-6H,3-4,11H2,1-2H3,(H,12,15)(H,13,14). The molecule has 0 aromatic carbocycles. The third kappa shape index (κ3) is 3.39. The zero-order valence-corrected chi connectivity index (χ0v) is 10.2. The number of nitrogen functional groups attached to an aromatic ring is 1. The minimum Gasteiger partial charge on any atom is -0.351 e. The minimum absolute atomic E-state index is 0.158. The predicted octanol–water partition coefficient (Wildman–Crippen LogP) is 0.768. The van der Waals surface area contributed by atoms with Gasteiger partial charge in [-0.15, -0.1) is 0 Å². The summed E-state index contributed by atoms with van der Waals surface area (Å²) in [6, 6.07) is 1.74. The maximum atomic E-state index is 11.8. The fourth-order valence-corrected chi connectivity index (χ4v) is 1.53. The van der Waals surface area contributed by atoms with Gasteiger partial charge in [0, 0.05) is 24.2 Å². The number of hydrazine groups is 1. The third-order valence-corrected chi connectivity index (χ3v) is 2.64. The first-order valence-electron chi connectivity index (χ1n) is 4.89. The maximum absolute atomic E-state index is 11.8. The van der Waals surface area contributed by atoms with Crippen LogP contribution in [0.2, 0.25) is 0 Å². The molecule has 1 heterocycles. The van der Waals surface area contributed by atoms with Crippen molar-refractivity contribution in [1.29, 1.82) is 0 Å². The van der Waals surface area contributed by atoms with Gasteiger partial charge in [-0.3, -0.25) is 15.6 Å². The molecule has 0 aliphatic rings. The summed E-state index contributed by atoms with van der Waals surface area (Å²) >= 11 is 1.68. The maximum Gasteiger partial charge on any atom is 0.255 e. The summed E-state index contributed by atoms with van der Waals surface area (Å²) in [7, 11) is 0. The molecule has 16 heavy (non-hydrogen) atoms. The van der Waals surface area contributed by atoms with Gasteiger partial charge in [-0.05, 0) is 19.2 Å². The normalized spacial score (nSPS) is 9.94. The molecule has 0 aliphatic heterocycles. The van der Waals surface area contributed by atoms with Crippen LogP contribution in [0, 0.1) is 6.92 Å². The first-order chi connectivity index (χ1) is 7.69. The van der Waals surface area contributed by atoms with Crippen LogP contribution in [0.5, 0.6) is 0 Å². The Kier molecular flexibility index (Phi) is 5.07. The molecule has 1 aromatic rings. The summed E-state index contributed by atoms with van der Waals surface area (Å²) in [6.07, 6.45) is 3.52. The molecule has 0 saturated carbocycles. The van der Waals surface area contributed by atoms with E-state index in [0.717, 1.165) is 11.4 Å². The highest BCUT2D eigenvalue weighted by Crippen LogP contribution is 2.13. The average molecular weight is 240 g/mol. The number of aromatic nitrogens is 1. The van der Waals surface area contributed by atoms with Crippen LogP contribution in [-0.4, -0.2) is 29.4 Å². The molecular formula is C10H16N4OS. The Morgan fingerprint density at radius 3 is 3.00 bits per heavy atom. The lowest BCUT2D eigenvalue weighted by Gasteiger charge is -2.09. The highest BCUT2D eigenvalue weighted by atomic mass is 32.2. The highest BCUT2D eigenvalue weighted by molar-refractivity contribution is 7.98. The zero-order valence-electron chi connectivity index (χ0n) is 9.41. The van der Waals surface area contributed by atoms with E-state index < -0.39 is 0 Å². The number of nitrogens with one attached hydrogen (secondary N) is 2. The second-order valence-electron chi connectivity index (χ2n) is 3.26. The third-order valence-electron chi connectivity index (χ3n) is 2.03. The molecular weight excluding hydrogens is 224 g/mol. The van der Waals surface area contributed by atoms with Crippen molar-refractivity contribution < 1.29 is 4.79 Å². The fraction of sp³-hybridized carbons (Fsp3) is 0.400. The number of rotatable bonds is 5. The number of pyridine rings is 1. The van der Waals surface area contributed by atoms with Crippen LogP contribution in [0.15, 0.2) is 12.3 Å². The number of nitrogens with two attached hydrogens (primary N) is 1. The van der Waals surface area contributed by atoms with Gasteiger partial charge >= 0.3 is 0 Å². The number of aryl methyl sites for hydroxylation is 1. The van der Waals surface area contributed by atoms with Crippen LogP contribution < -0.4 is 16.6 Å². The lowest BCUT2D eigenvalue weighted by molar-refractivity contribution is 0.0956. The van der Waals surface area contributed by atoms with Crippen LogP contribution in [-0.2, 0) is 0 Å². The van der Waals surface area contributed by atoms with Gasteiger partial charge in [-0.1, -0.05) is 0 Å². The van der Waals surface area contributed by atoms with Crippen molar-refractivity contribution >= 4 is 23.4 Å². The molecule has 4 N–H and O–H groups in total. The second kappa shape index (κ2) is 6.34. The molecule has 5 nitrogen and oxygen atoms in total. The van der Waals surface area contributed by atoms with Crippen molar-refractivity contribution in [2.45, 2.75) is 6.92 Å². The highest BCUT2D eigenvalue weighted by Gasteiger charge is 2.10. The molecule has 0 spiro atoms. The van der Waals surface area contributed by atoms with E-state index in [1.165, 1.54) is 6.20 Å². The number of thioether (sulfide) groups is 1. The van der Waals surface area contributed by atoms with Crippen LogP contribution in [0.4, 0.5) is 5.69 Å². The minimum atomic E-state index is -0.158. The van der Waals surface area contributed by atoms with Gasteiger partial charge in [0.15, 0.2) is 0 Å². The Balaban J connectivity index is 2.74. The molecule has 1 rings (SSSR count). The molecule has 0 atom stereocenters. The van der Waals surface area contributed by atoms with Gasteiger partial charge in [0.25, 0.3) is 5.91 Å². The van der Waals surface area contributed by atoms with Crippen LogP contribution in [0.1, 0.15) is 16.1 Å². The summed E-state index contributed by atoms with van der Waals surface area (Å²) in [5.41, 5.74) is 4.37. The van der Waals surface area contributed by atoms with Gasteiger partial charge in [-0.25, -0.2) is 0 Å². The summed E-state index contributed by atoms with van der Waals surface area (Å²) < 4.78 is 0. The van der Waals surface area contributed by atoms with Crippen molar-refractivity contribution in [3.63, 3.8) is 0 Å². The van der Waals surface area contributed by atoms with Crippen molar-refractivity contribution in [1.82, 2.24) is 10.3 Å². The average Bonchev–Trinajstić information content (AvgIpc) is 2.29. The van der Waals surface area contributed by atoms with Crippen molar-refractivity contribution in [2.75, 3.05) is 24.0 Å². The first-order valence-corrected chi connectivity index (χ1v) is 6.28. The monoisotopic (exact) mass is 240 g/mol. The van der Waals surface area contributed by atoms with Crippen molar-refractivity contribution in [3.05, 3.63) is 23.5 Å². The first kappa shape index (κ1) is 12.8. The predicted molar refractivity (Wildman–Crippen MR) is 67.5 cm³/mol. The molecule has 1 aromatic heterocycles. The smallest absolute Gasteiger partial charge is 0.255 e. The fourth-order valence-electron chi connectivity index (χ4n) is 1.22. The Morgan fingerprint density at radius 1 is 1.62 bits per heavy atom. The van der Waals surface area contributed by atoms with E-state index in [1.54, 1.807) is 17.8 Å². The number of carbonyl (C=O) groups is 1. The summed E-state index contributed by atoms with van der Waals surface area (Å²) in [5.74, 6) is 6.08. The number of hydrogen-bond donors (Lipinski definition) is 3. The second-order valence-corrected chi connectivity index (χ2v) is 4.25. The van der Waals surface area contributed by atoms with Gasteiger partial charge in [0.1, 0.15) is 0 Å². The van der Waals surface area contributed by atoms with Crippen LogP contribution in [0.3, 0.4) is 0 Å². The van der Waals surface area contributed by atoms with Crippen molar-refractivity contribution in [3.8, 4) is 0 Å². The lowest BCUT2D eigenvalue weighted by Crippen LogP contribution is -2.27. The van der Waals surface area contributed by atoms with E-state index >= 15 is 0 Å². The molecule has 6 heteroatoms. The Labute approximate surface area is 99.2 Å². The number of amides is 1. The summed E-state index contributed by atoms with van der Waals surface area (Å²) in [4.78, 5) is 15.8. The van der Waals surface area contributed by atoms with E-state index in [4.69, 9.17) is 5.84 Å². The van der Waals surface area contributed by atoms with Gasteiger partial charge in [-0.2, -0.15) is 11.8 Å². The molecule has 0 radical (unpaired) electrons. The van der Waals surface area contributed by atoms with Gasteiger partial charge in [0.05, 0.1) is 11.3 Å². The van der Waals surface area contributed by atoms with Crippen LogP contribution >= 0.6 is 11.8 Å². The Morgan fingerprint density at radius 2 is 2.38 bits per heavy atom. The Hall–Kier alpha value is -1.27. The largest absolute Gasteiger partial charge is 0.351 e. The molecule has 0 aliphatic carbocycles. The van der Waals surface area contributed by atoms with Crippen molar-refractivity contribution in [2.24, 2.45) is 5.84 Å². The molecule has 0 fully saturated rings. The summed E-state index contributed by atoms with van der Waals surface area (Å²) in [6.45, 7) is 2.48. The Bertz CT molecular complexity index is 370. The van der Waals surface area contributed by atoms with Crippen LogP contribution in [0.25, 0.3) is 0 Å². The molecule has 88 valence electrons. The zero-order chi connectivity index (χ0) is 12.0. The van der Waals surface area contributed by atoms with E-state index in [0.29, 0.717) is 17.8 Å². The number of carbonyl (C=O) groups excluding carboxylic acids is 1. The number of nitrogens with zero attached hydrogens (tertiary/aromatic N) is 1.